The Kier molecular flexibility index (Phi) is 5.13. The number of carbonyl (C=O) groups excluding carboxylic acids is 2. The van der Waals surface area contributed by atoms with E-state index in [1.807, 2.05) is 0 Å². The number of hydrogen-bond acceptors (Lipinski definition) is 4. The maximum atomic E-state index is 13.3. The van der Waals surface area contributed by atoms with Gasteiger partial charge in [-0.2, -0.15) is 0 Å². The number of ether oxygens (including phenoxy) is 1. The molecule has 3 rings (SSSR count). The van der Waals surface area contributed by atoms with Crippen molar-refractivity contribution in [3.05, 3.63) is 51.4 Å². The zero-order valence-electron chi connectivity index (χ0n) is 13.7. The lowest BCUT2D eigenvalue weighted by molar-refractivity contribution is 0.0601. The normalized spacial score (nSPS) is 13.7. The Morgan fingerprint density at radius 2 is 1.88 bits per heavy atom. The van der Waals surface area contributed by atoms with Gasteiger partial charge in [-0.3, -0.25) is 4.79 Å². The zero-order valence-corrected chi connectivity index (χ0v) is 14.5. The molecule has 0 unspecified atom stereocenters. The van der Waals surface area contributed by atoms with Crippen molar-refractivity contribution >= 4 is 28.2 Å². The van der Waals surface area contributed by atoms with Crippen LogP contribution in [0.15, 0.2) is 18.2 Å². The molecule has 1 N–H and O–H groups in total. The molecule has 0 bridgehead atoms. The molecular weight excluding hydrogens is 348 g/mol. The summed E-state index contributed by atoms with van der Waals surface area (Å²) in [6, 6.07) is 2.93. The molecule has 132 valence electrons. The number of esters is 1. The summed E-state index contributed by atoms with van der Waals surface area (Å²) in [5, 5.41) is 3.05. The van der Waals surface area contributed by atoms with Crippen molar-refractivity contribution in [2.45, 2.75) is 32.1 Å². The SMILES string of the molecule is COC(=O)c1c(NC(=O)c2ccc(F)c(F)c2)sc2c1CCCCC2. The lowest BCUT2D eigenvalue weighted by atomic mass is 10.1. The van der Waals surface area contributed by atoms with Crippen molar-refractivity contribution < 1.29 is 23.1 Å². The van der Waals surface area contributed by atoms with E-state index < -0.39 is 23.5 Å². The molecule has 0 aliphatic heterocycles. The Balaban J connectivity index is 1.94. The number of anilines is 1. The van der Waals surface area contributed by atoms with Gasteiger partial charge in [0.15, 0.2) is 11.6 Å². The minimum atomic E-state index is -1.09. The van der Waals surface area contributed by atoms with E-state index in [4.69, 9.17) is 4.74 Å². The molecule has 0 spiro atoms. The van der Waals surface area contributed by atoms with Gasteiger partial charge in [0.1, 0.15) is 5.00 Å². The number of benzene rings is 1. The van der Waals surface area contributed by atoms with Crippen molar-refractivity contribution in [1.82, 2.24) is 0 Å². The molecule has 1 aromatic heterocycles. The molecule has 25 heavy (non-hydrogen) atoms. The summed E-state index contributed by atoms with van der Waals surface area (Å²) in [6.45, 7) is 0. The van der Waals surface area contributed by atoms with Crippen molar-refractivity contribution in [2.24, 2.45) is 0 Å². The molecule has 1 aliphatic carbocycles. The third-order valence-electron chi connectivity index (χ3n) is 4.22. The summed E-state index contributed by atoms with van der Waals surface area (Å²) in [6.07, 6.45) is 4.72. The molecule has 1 amide bonds. The summed E-state index contributed by atoms with van der Waals surface area (Å²) < 4.78 is 31.2. The first kappa shape index (κ1) is 17.5. The number of nitrogens with one attached hydrogen (secondary N) is 1. The minimum absolute atomic E-state index is 0.0155. The van der Waals surface area contributed by atoms with Crippen LogP contribution in [0.2, 0.25) is 0 Å². The van der Waals surface area contributed by atoms with Gasteiger partial charge in [0.05, 0.1) is 12.7 Å². The van der Waals surface area contributed by atoms with E-state index in [-0.39, 0.29) is 5.56 Å². The average Bonchev–Trinajstić information content (AvgIpc) is 2.77. The smallest absolute Gasteiger partial charge is 0.341 e. The van der Waals surface area contributed by atoms with Gasteiger partial charge in [-0.05, 0) is 49.4 Å². The summed E-state index contributed by atoms with van der Waals surface area (Å²) in [7, 11) is 1.30. The Morgan fingerprint density at radius 1 is 1.12 bits per heavy atom. The predicted octanol–water partition coefficient (Wildman–Crippen LogP) is 4.33. The number of carbonyl (C=O) groups is 2. The molecule has 4 nitrogen and oxygen atoms in total. The van der Waals surface area contributed by atoms with Crippen molar-refractivity contribution in [2.75, 3.05) is 12.4 Å². The molecule has 0 saturated carbocycles. The fourth-order valence-electron chi connectivity index (χ4n) is 2.96. The van der Waals surface area contributed by atoms with E-state index in [0.717, 1.165) is 54.7 Å². The molecule has 1 aromatic carbocycles. The largest absolute Gasteiger partial charge is 0.465 e. The molecule has 0 fully saturated rings. The lowest BCUT2D eigenvalue weighted by Crippen LogP contribution is -2.15. The van der Waals surface area contributed by atoms with Gasteiger partial charge in [0, 0.05) is 10.4 Å². The van der Waals surface area contributed by atoms with Gasteiger partial charge < -0.3 is 10.1 Å². The molecule has 2 aromatic rings. The van der Waals surface area contributed by atoms with Crippen molar-refractivity contribution in [3.63, 3.8) is 0 Å². The Hall–Kier alpha value is -2.28. The number of aryl methyl sites for hydroxylation is 1. The first-order valence-electron chi connectivity index (χ1n) is 8.00. The van der Waals surface area contributed by atoms with Crippen LogP contribution in [0.4, 0.5) is 13.8 Å². The second-order valence-corrected chi connectivity index (χ2v) is 6.95. The zero-order chi connectivity index (χ0) is 18.0. The number of halogens is 2. The second-order valence-electron chi connectivity index (χ2n) is 5.84. The van der Waals surface area contributed by atoms with Crippen LogP contribution in [0.25, 0.3) is 0 Å². The van der Waals surface area contributed by atoms with Crippen LogP contribution in [0.1, 0.15) is 50.4 Å². The third kappa shape index (κ3) is 3.56. The first-order chi connectivity index (χ1) is 12.0. The van der Waals surface area contributed by atoms with E-state index in [1.54, 1.807) is 0 Å². The number of rotatable bonds is 3. The summed E-state index contributed by atoms with van der Waals surface area (Å²) in [4.78, 5) is 25.7. The highest BCUT2D eigenvalue weighted by Gasteiger charge is 2.26. The standard InChI is InChI=1S/C18H17F2NO3S/c1-24-18(23)15-11-5-3-2-4-6-14(11)25-17(15)21-16(22)10-7-8-12(19)13(20)9-10/h7-9H,2-6H2,1H3,(H,21,22). The molecular formula is C18H17F2NO3S. The predicted molar refractivity (Wildman–Crippen MR) is 91.2 cm³/mol. The van der Waals surface area contributed by atoms with Crippen LogP contribution in [-0.2, 0) is 17.6 Å². The van der Waals surface area contributed by atoms with Crippen LogP contribution in [0, 0.1) is 11.6 Å². The number of hydrogen-bond donors (Lipinski definition) is 1. The lowest BCUT2D eigenvalue weighted by Gasteiger charge is -2.08. The van der Waals surface area contributed by atoms with E-state index in [9.17, 15) is 18.4 Å². The Morgan fingerprint density at radius 3 is 2.60 bits per heavy atom. The van der Waals surface area contributed by atoms with Gasteiger partial charge in [-0.1, -0.05) is 6.42 Å². The van der Waals surface area contributed by atoms with Gasteiger partial charge in [0.25, 0.3) is 5.91 Å². The molecule has 0 atom stereocenters. The van der Waals surface area contributed by atoms with Crippen LogP contribution >= 0.6 is 11.3 Å². The molecule has 1 aliphatic rings. The Bertz CT molecular complexity index is 832. The molecule has 0 radical (unpaired) electrons. The van der Waals surface area contributed by atoms with Crippen LogP contribution in [0.5, 0.6) is 0 Å². The molecule has 1 heterocycles. The van der Waals surface area contributed by atoms with Crippen molar-refractivity contribution in [3.8, 4) is 0 Å². The van der Waals surface area contributed by atoms with Gasteiger partial charge >= 0.3 is 5.97 Å². The van der Waals surface area contributed by atoms with Crippen LogP contribution < -0.4 is 5.32 Å². The van der Waals surface area contributed by atoms with Crippen LogP contribution in [0.3, 0.4) is 0 Å². The maximum Gasteiger partial charge on any atom is 0.341 e. The van der Waals surface area contributed by atoms with Gasteiger partial charge in [0.2, 0.25) is 0 Å². The van der Waals surface area contributed by atoms with Gasteiger partial charge in [-0.25, -0.2) is 13.6 Å². The van der Waals surface area contributed by atoms with E-state index in [2.05, 4.69) is 5.32 Å². The van der Waals surface area contributed by atoms with E-state index in [1.165, 1.54) is 24.5 Å². The summed E-state index contributed by atoms with van der Waals surface area (Å²) in [5.74, 6) is -3.21. The highest BCUT2D eigenvalue weighted by molar-refractivity contribution is 7.17. The van der Waals surface area contributed by atoms with E-state index in [0.29, 0.717) is 10.6 Å². The maximum absolute atomic E-state index is 13.3. The van der Waals surface area contributed by atoms with Crippen molar-refractivity contribution in [1.29, 1.82) is 0 Å². The summed E-state index contributed by atoms with van der Waals surface area (Å²) >= 11 is 1.35. The Labute approximate surface area is 147 Å². The monoisotopic (exact) mass is 365 g/mol. The molecule has 0 saturated heterocycles. The highest BCUT2D eigenvalue weighted by atomic mass is 32.1. The number of thiophene rings is 1. The topological polar surface area (TPSA) is 55.4 Å². The number of methoxy groups -OCH3 is 1. The third-order valence-corrected chi connectivity index (χ3v) is 5.43. The quantitative estimate of drug-likeness (QED) is 0.650. The highest BCUT2D eigenvalue weighted by Crippen LogP contribution is 2.38. The molecule has 7 heteroatoms. The van der Waals surface area contributed by atoms with E-state index >= 15 is 0 Å². The fourth-order valence-corrected chi connectivity index (χ4v) is 4.23. The first-order valence-corrected chi connectivity index (χ1v) is 8.82. The number of amides is 1. The minimum Gasteiger partial charge on any atom is -0.465 e. The summed E-state index contributed by atoms with van der Waals surface area (Å²) in [5.41, 5.74) is 1.29. The van der Waals surface area contributed by atoms with Crippen LogP contribution in [-0.4, -0.2) is 19.0 Å². The second kappa shape index (κ2) is 7.31. The average molecular weight is 365 g/mol. The fraction of sp³-hybridized carbons (Fsp3) is 0.333. The number of fused-ring (bicyclic) bond motifs is 1. The van der Waals surface area contributed by atoms with Gasteiger partial charge in [-0.15, -0.1) is 11.3 Å².